The molecule has 0 bridgehead atoms. The number of ketones is 1. The standard InChI is InChI=1S/C26H26O6S/c1-18-4-3-5-19(14-18)16-24(27)21-7-9-23(10-8-21)32-25-11-6-20(17-26(28)29)15-22(25)12-13-33(2,30)31/h3-11,14-15H,12-13,16-17H2,1-2H3,(H,28,29). The van der Waals surface area contributed by atoms with Gasteiger partial charge in [0, 0.05) is 18.2 Å². The Morgan fingerprint density at radius 1 is 0.909 bits per heavy atom. The summed E-state index contributed by atoms with van der Waals surface area (Å²) in [6, 6.07) is 19.6. The van der Waals surface area contributed by atoms with E-state index in [1.54, 1.807) is 42.5 Å². The van der Waals surface area contributed by atoms with Crippen LogP contribution >= 0.6 is 0 Å². The molecule has 6 nitrogen and oxygen atoms in total. The third kappa shape index (κ3) is 7.57. The van der Waals surface area contributed by atoms with Gasteiger partial charge in [-0.15, -0.1) is 0 Å². The Kier molecular flexibility index (Phi) is 7.66. The monoisotopic (exact) mass is 466 g/mol. The molecular formula is C26H26O6S. The Morgan fingerprint density at radius 3 is 2.24 bits per heavy atom. The van der Waals surface area contributed by atoms with Crippen LogP contribution in [-0.2, 0) is 33.9 Å². The first-order chi connectivity index (χ1) is 15.6. The number of benzene rings is 3. The molecule has 3 aromatic carbocycles. The number of aryl methyl sites for hydroxylation is 2. The number of carbonyl (C=O) groups is 2. The molecule has 0 spiro atoms. The highest BCUT2D eigenvalue weighted by atomic mass is 32.2. The molecule has 0 saturated carbocycles. The molecule has 0 radical (unpaired) electrons. The lowest BCUT2D eigenvalue weighted by Crippen LogP contribution is -2.08. The predicted molar refractivity (Wildman–Crippen MR) is 127 cm³/mol. The van der Waals surface area contributed by atoms with Crippen molar-refractivity contribution >= 4 is 21.6 Å². The Hall–Kier alpha value is -3.45. The second-order valence-electron chi connectivity index (χ2n) is 8.11. The maximum atomic E-state index is 12.6. The van der Waals surface area contributed by atoms with Crippen LogP contribution in [0, 0.1) is 6.92 Å². The Labute approximate surface area is 193 Å². The molecule has 0 aliphatic heterocycles. The molecule has 1 N–H and O–H groups in total. The number of aliphatic carboxylic acids is 1. The Morgan fingerprint density at radius 2 is 1.61 bits per heavy atom. The molecule has 0 amide bonds. The molecule has 7 heteroatoms. The highest BCUT2D eigenvalue weighted by Gasteiger charge is 2.13. The molecule has 0 unspecified atom stereocenters. The van der Waals surface area contributed by atoms with Gasteiger partial charge in [0.05, 0.1) is 12.2 Å². The van der Waals surface area contributed by atoms with Crippen LogP contribution in [-0.4, -0.2) is 37.3 Å². The lowest BCUT2D eigenvalue weighted by Gasteiger charge is -2.13. The van der Waals surface area contributed by atoms with Crippen molar-refractivity contribution in [1.29, 1.82) is 0 Å². The summed E-state index contributed by atoms with van der Waals surface area (Å²) in [5.74, 6) is -0.102. The van der Waals surface area contributed by atoms with Gasteiger partial charge in [-0.05, 0) is 60.4 Å². The van der Waals surface area contributed by atoms with E-state index in [0.717, 1.165) is 17.4 Å². The number of hydrogen-bond donors (Lipinski definition) is 1. The average Bonchev–Trinajstić information content (AvgIpc) is 2.73. The lowest BCUT2D eigenvalue weighted by molar-refractivity contribution is -0.136. The third-order valence-electron chi connectivity index (χ3n) is 5.07. The number of carboxylic acids is 1. The van der Waals surface area contributed by atoms with Gasteiger partial charge in [-0.2, -0.15) is 0 Å². The number of sulfone groups is 1. The van der Waals surface area contributed by atoms with Crippen LogP contribution in [0.15, 0.2) is 66.7 Å². The van der Waals surface area contributed by atoms with E-state index in [1.807, 2.05) is 31.2 Å². The second-order valence-corrected chi connectivity index (χ2v) is 10.4. The van der Waals surface area contributed by atoms with Crippen molar-refractivity contribution in [2.24, 2.45) is 0 Å². The molecule has 0 fully saturated rings. The van der Waals surface area contributed by atoms with E-state index in [2.05, 4.69) is 0 Å². The van der Waals surface area contributed by atoms with Crippen LogP contribution in [0.1, 0.15) is 32.6 Å². The van der Waals surface area contributed by atoms with Crippen LogP contribution in [0.2, 0.25) is 0 Å². The summed E-state index contributed by atoms with van der Waals surface area (Å²) in [6.07, 6.45) is 1.50. The van der Waals surface area contributed by atoms with E-state index >= 15 is 0 Å². The smallest absolute Gasteiger partial charge is 0.307 e. The van der Waals surface area contributed by atoms with Gasteiger partial charge in [-0.3, -0.25) is 9.59 Å². The van der Waals surface area contributed by atoms with Gasteiger partial charge < -0.3 is 9.84 Å². The normalized spacial score (nSPS) is 11.2. The molecular weight excluding hydrogens is 440 g/mol. The quantitative estimate of drug-likeness (QED) is 0.444. The van der Waals surface area contributed by atoms with Crippen LogP contribution in [0.5, 0.6) is 11.5 Å². The number of carboxylic acid groups (broad SMARTS) is 1. The van der Waals surface area contributed by atoms with Gasteiger partial charge in [0.25, 0.3) is 0 Å². The van der Waals surface area contributed by atoms with Crippen LogP contribution < -0.4 is 4.74 Å². The number of rotatable bonds is 10. The van der Waals surface area contributed by atoms with Gasteiger partial charge in [0.1, 0.15) is 21.3 Å². The molecule has 172 valence electrons. The first kappa shape index (κ1) is 24.2. The van der Waals surface area contributed by atoms with Crippen molar-refractivity contribution in [1.82, 2.24) is 0 Å². The summed E-state index contributed by atoms with van der Waals surface area (Å²) in [7, 11) is -3.20. The molecule has 33 heavy (non-hydrogen) atoms. The maximum absolute atomic E-state index is 12.6. The van der Waals surface area contributed by atoms with Crippen LogP contribution in [0.4, 0.5) is 0 Å². The average molecular weight is 467 g/mol. The molecule has 0 aliphatic carbocycles. The van der Waals surface area contributed by atoms with Crippen LogP contribution in [0.3, 0.4) is 0 Å². The van der Waals surface area contributed by atoms with Gasteiger partial charge >= 0.3 is 5.97 Å². The summed E-state index contributed by atoms with van der Waals surface area (Å²) in [6.45, 7) is 1.98. The summed E-state index contributed by atoms with van der Waals surface area (Å²) in [4.78, 5) is 23.6. The minimum atomic E-state index is -3.20. The minimum absolute atomic E-state index is 0.000912. The van der Waals surface area contributed by atoms with E-state index in [-0.39, 0.29) is 24.4 Å². The van der Waals surface area contributed by atoms with Crippen molar-refractivity contribution in [3.8, 4) is 11.5 Å². The minimum Gasteiger partial charge on any atom is -0.481 e. The van der Waals surface area contributed by atoms with E-state index < -0.39 is 15.8 Å². The number of carbonyl (C=O) groups excluding carboxylic acids is 1. The van der Waals surface area contributed by atoms with Crippen molar-refractivity contribution in [3.05, 3.63) is 94.5 Å². The summed E-state index contributed by atoms with van der Waals surface area (Å²) >= 11 is 0. The second kappa shape index (κ2) is 10.4. The van der Waals surface area contributed by atoms with E-state index in [0.29, 0.717) is 34.6 Å². The van der Waals surface area contributed by atoms with Gasteiger partial charge in [0.2, 0.25) is 0 Å². The molecule has 3 rings (SSSR count). The third-order valence-corrected chi connectivity index (χ3v) is 6.02. The van der Waals surface area contributed by atoms with E-state index in [4.69, 9.17) is 9.84 Å². The van der Waals surface area contributed by atoms with E-state index in [1.165, 1.54) is 0 Å². The largest absolute Gasteiger partial charge is 0.481 e. The van der Waals surface area contributed by atoms with Gasteiger partial charge in [0.15, 0.2) is 5.78 Å². The Bertz CT molecular complexity index is 1260. The number of hydrogen-bond acceptors (Lipinski definition) is 5. The molecule has 0 heterocycles. The van der Waals surface area contributed by atoms with Crippen molar-refractivity contribution < 1.29 is 27.9 Å². The highest BCUT2D eigenvalue weighted by Crippen LogP contribution is 2.28. The van der Waals surface area contributed by atoms with E-state index in [9.17, 15) is 18.0 Å². The van der Waals surface area contributed by atoms with Crippen molar-refractivity contribution in [2.45, 2.75) is 26.2 Å². The fraction of sp³-hybridized carbons (Fsp3) is 0.231. The summed E-state index contributed by atoms with van der Waals surface area (Å²) in [5.41, 5.74) is 3.80. The summed E-state index contributed by atoms with van der Waals surface area (Å²) in [5, 5.41) is 9.04. The fourth-order valence-corrected chi connectivity index (χ4v) is 4.04. The first-order valence-electron chi connectivity index (χ1n) is 10.5. The topological polar surface area (TPSA) is 97.7 Å². The molecule has 0 atom stereocenters. The van der Waals surface area contributed by atoms with Gasteiger partial charge in [-0.25, -0.2) is 8.42 Å². The number of ether oxygens (including phenoxy) is 1. The number of Topliss-reactive ketones (excluding diaryl/α,β-unsaturated/α-hetero) is 1. The van der Waals surface area contributed by atoms with Crippen LogP contribution in [0.25, 0.3) is 0 Å². The predicted octanol–water partition coefficient (Wildman–Crippen LogP) is 4.43. The highest BCUT2D eigenvalue weighted by molar-refractivity contribution is 7.90. The molecule has 0 aromatic heterocycles. The van der Waals surface area contributed by atoms with Crippen molar-refractivity contribution in [3.63, 3.8) is 0 Å². The van der Waals surface area contributed by atoms with Crippen molar-refractivity contribution in [2.75, 3.05) is 12.0 Å². The molecule has 3 aromatic rings. The first-order valence-corrected chi connectivity index (χ1v) is 12.5. The summed E-state index contributed by atoms with van der Waals surface area (Å²) < 4.78 is 29.2. The fourth-order valence-electron chi connectivity index (χ4n) is 3.45. The Balaban J connectivity index is 1.76. The SMILES string of the molecule is Cc1cccc(CC(=O)c2ccc(Oc3ccc(CC(=O)O)cc3CCS(C)(=O)=O)cc2)c1. The molecule has 0 aliphatic rings. The molecule has 0 saturated heterocycles. The lowest BCUT2D eigenvalue weighted by atomic mass is 10.0. The van der Waals surface area contributed by atoms with Gasteiger partial charge in [-0.1, -0.05) is 42.0 Å². The zero-order valence-electron chi connectivity index (χ0n) is 18.6. The maximum Gasteiger partial charge on any atom is 0.307 e. The zero-order valence-corrected chi connectivity index (χ0v) is 19.4. The zero-order chi connectivity index (χ0) is 24.0.